The smallest absolute Gasteiger partial charge is 0.336 e. The summed E-state index contributed by atoms with van der Waals surface area (Å²) in [6.07, 6.45) is 4.84. The second-order valence-corrected chi connectivity index (χ2v) is 7.54. The molecule has 0 spiro atoms. The van der Waals surface area contributed by atoms with Crippen LogP contribution in [0.1, 0.15) is 22.4 Å². The van der Waals surface area contributed by atoms with Crippen molar-refractivity contribution < 1.29 is 13.9 Å². The zero-order valence-electron chi connectivity index (χ0n) is 14.7. The Labute approximate surface area is 158 Å². The minimum Gasteiger partial charge on any atom is -0.497 e. The Bertz CT molecular complexity index is 1230. The topological polar surface area (TPSA) is 74.5 Å². The predicted molar refractivity (Wildman–Crippen MR) is 103 cm³/mol. The lowest BCUT2D eigenvalue weighted by Crippen LogP contribution is -2.05. The number of hydrogen-bond donors (Lipinski definition) is 0. The number of aromatic nitrogens is 2. The predicted octanol–water partition coefficient (Wildman–Crippen LogP) is 3.87. The van der Waals surface area contributed by atoms with Gasteiger partial charge in [-0.2, -0.15) is 0 Å². The Hall–Kier alpha value is -2.93. The van der Waals surface area contributed by atoms with Gasteiger partial charge in [-0.3, -0.25) is 0 Å². The number of fused-ring (bicyclic) bond motifs is 4. The van der Waals surface area contributed by atoms with Crippen molar-refractivity contribution in [3.63, 3.8) is 0 Å². The van der Waals surface area contributed by atoms with E-state index in [4.69, 9.17) is 13.9 Å². The van der Waals surface area contributed by atoms with Gasteiger partial charge >= 0.3 is 5.63 Å². The van der Waals surface area contributed by atoms with Crippen LogP contribution in [0.2, 0.25) is 0 Å². The summed E-state index contributed by atoms with van der Waals surface area (Å²) in [5.41, 5.74) is 2.12. The minimum atomic E-state index is -0.418. The fourth-order valence-corrected chi connectivity index (χ4v) is 4.83. The SMILES string of the molecule is COc1ccc2c(COc3ncnc4sc5c(c34)CCC5)cc(=O)oc2c1. The van der Waals surface area contributed by atoms with Crippen molar-refractivity contribution in [1.82, 2.24) is 9.97 Å². The van der Waals surface area contributed by atoms with Gasteiger partial charge in [-0.05, 0) is 37.0 Å². The average molecular weight is 380 g/mol. The standard InChI is InChI=1S/C20H16N2O4S/c1-24-12-5-6-13-11(7-17(23)26-15(13)8-12)9-25-19-18-14-3-2-4-16(14)27-20(18)22-10-21-19/h5-8,10H,2-4,9H2,1H3. The number of benzene rings is 1. The molecule has 1 aliphatic carbocycles. The van der Waals surface area contributed by atoms with Crippen LogP contribution in [0.25, 0.3) is 21.2 Å². The van der Waals surface area contributed by atoms with Gasteiger partial charge in [0.05, 0.1) is 12.5 Å². The van der Waals surface area contributed by atoms with Crippen molar-refractivity contribution >= 4 is 32.5 Å². The van der Waals surface area contributed by atoms with E-state index in [1.165, 1.54) is 22.8 Å². The first kappa shape index (κ1) is 16.3. The van der Waals surface area contributed by atoms with Gasteiger partial charge in [-0.15, -0.1) is 11.3 Å². The molecule has 0 atom stereocenters. The second kappa shape index (κ2) is 6.35. The molecule has 0 radical (unpaired) electrons. The molecule has 1 aromatic carbocycles. The zero-order valence-corrected chi connectivity index (χ0v) is 15.5. The third-order valence-electron chi connectivity index (χ3n) is 4.87. The summed E-state index contributed by atoms with van der Waals surface area (Å²) in [5.74, 6) is 1.21. The molecule has 0 fully saturated rings. The second-order valence-electron chi connectivity index (χ2n) is 6.46. The Kier molecular flexibility index (Phi) is 3.82. The monoisotopic (exact) mass is 380 g/mol. The average Bonchev–Trinajstić information content (AvgIpc) is 3.26. The highest BCUT2D eigenvalue weighted by Crippen LogP contribution is 2.40. The molecule has 0 aliphatic heterocycles. The lowest BCUT2D eigenvalue weighted by molar-refractivity contribution is 0.298. The van der Waals surface area contributed by atoms with Crippen LogP contribution < -0.4 is 15.1 Å². The molecule has 0 bridgehead atoms. The van der Waals surface area contributed by atoms with E-state index in [2.05, 4.69) is 9.97 Å². The molecule has 6 nitrogen and oxygen atoms in total. The molecular formula is C20H16N2O4S. The summed E-state index contributed by atoms with van der Waals surface area (Å²) >= 11 is 1.72. The van der Waals surface area contributed by atoms with E-state index >= 15 is 0 Å². The Morgan fingerprint density at radius 2 is 2.15 bits per heavy atom. The third kappa shape index (κ3) is 2.75. The molecule has 27 heavy (non-hydrogen) atoms. The van der Waals surface area contributed by atoms with E-state index in [9.17, 15) is 4.79 Å². The van der Waals surface area contributed by atoms with Crippen molar-refractivity contribution in [2.24, 2.45) is 0 Å². The third-order valence-corrected chi connectivity index (χ3v) is 6.07. The largest absolute Gasteiger partial charge is 0.497 e. The molecule has 136 valence electrons. The highest BCUT2D eigenvalue weighted by molar-refractivity contribution is 7.18. The van der Waals surface area contributed by atoms with Crippen molar-refractivity contribution in [2.45, 2.75) is 25.9 Å². The van der Waals surface area contributed by atoms with E-state index in [1.54, 1.807) is 24.5 Å². The summed E-state index contributed by atoms with van der Waals surface area (Å²) in [4.78, 5) is 23.0. The zero-order chi connectivity index (χ0) is 18.4. The molecule has 0 saturated heterocycles. The molecule has 0 saturated carbocycles. The Morgan fingerprint density at radius 3 is 3.04 bits per heavy atom. The lowest BCUT2D eigenvalue weighted by Gasteiger charge is -2.09. The van der Waals surface area contributed by atoms with Crippen LogP contribution in [0.15, 0.2) is 39.8 Å². The normalized spacial score (nSPS) is 13.2. The summed E-state index contributed by atoms with van der Waals surface area (Å²) in [7, 11) is 1.58. The number of nitrogens with zero attached hydrogens (tertiary/aromatic N) is 2. The van der Waals surface area contributed by atoms with E-state index in [1.807, 2.05) is 12.1 Å². The molecule has 0 N–H and O–H groups in total. The first-order chi connectivity index (χ1) is 13.2. The molecule has 3 aromatic heterocycles. The molecular weight excluding hydrogens is 364 g/mol. The van der Waals surface area contributed by atoms with E-state index in [-0.39, 0.29) is 6.61 Å². The van der Waals surface area contributed by atoms with Crippen LogP contribution in [0.5, 0.6) is 11.6 Å². The fraction of sp³-hybridized carbons (Fsp3) is 0.250. The van der Waals surface area contributed by atoms with Crippen molar-refractivity contribution in [1.29, 1.82) is 0 Å². The van der Waals surface area contributed by atoms with E-state index < -0.39 is 5.63 Å². The van der Waals surface area contributed by atoms with Crippen LogP contribution in [-0.4, -0.2) is 17.1 Å². The lowest BCUT2D eigenvalue weighted by atomic mass is 10.1. The van der Waals surface area contributed by atoms with Gasteiger partial charge < -0.3 is 13.9 Å². The molecule has 0 unspecified atom stereocenters. The maximum absolute atomic E-state index is 12.0. The number of hydrogen-bond acceptors (Lipinski definition) is 7. The maximum atomic E-state index is 12.0. The highest BCUT2D eigenvalue weighted by atomic mass is 32.1. The van der Waals surface area contributed by atoms with Gasteiger partial charge in [0, 0.05) is 28.0 Å². The molecule has 3 heterocycles. The first-order valence-corrected chi connectivity index (χ1v) is 9.53. The van der Waals surface area contributed by atoms with Crippen LogP contribution in [0.4, 0.5) is 0 Å². The van der Waals surface area contributed by atoms with Crippen LogP contribution in [0, 0.1) is 0 Å². The van der Waals surface area contributed by atoms with Gasteiger partial charge in [0.25, 0.3) is 0 Å². The number of thiophene rings is 1. The number of aryl methyl sites for hydroxylation is 2. The number of ether oxygens (including phenoxy) is 2. The molecule has 1 aliphatic rings. The fourth-order valence-electron chi connectivity index (χ4n) is 3.61. The van der Waals surface area contributed by atoms with Gasteiger partial charge in [0.2, 0.25) is 5.88 Å². The van der Waals surface area contributed by atoms with Crippen molar-refractivity contribution in [3.05, 3.63) is 57.0 Å². The quantitative estimate of drug-likeness (QED) is 0.500. The summed E-state index contributed by atoms with van der Waals surface area (Å²) in [6, 6.07) is 6.87. The Morgan fingerprint density at radius 1 is 1.22 bits per heavy atom. The van der Waals surface area contributed by atoms with Crippen LogP contribution in [0.3, 0.4) is 0 Å². The molecule has 7 heteroatoms. The summed E-state index contributed by atoms with van der Waals surface area (Å²) in [5, 5.41) is 1.83. The van der Waals surface area contributed by atoms with Gasteiger partial charge in [-0.25, -0.2) is 14.8 Å². The van der Waals surface area contributed by atoms with Crippen LogP contribution in [-0.2, 0) is 19.4 Å². The van der Waals surface area contributed by atoms with Crippen molar-refractivity contribution in [2.75, 3.05) is 7.11 Å². The minimum absolute atomic E-state index is 0.227. The Balaban J connectivity index is 1.54. The van der Waals surface area contributed by atoms with E-state index in [0.717, 1.165) is 40.4 Å². The van der Waals surface area contributed by atoms with Crippen LogP contribution >= 0.6 is 11.3 Å². The molecule has 4 aromatic rings. The number of rotatable bonds is 4. The molecule has 5 rings (SSSR count). The highest BCUT2D eigenvalue weighted by Gasteiger charge is 2.22. The number of methoxy groups -OCH3 is 1. The van der Waals surface area contributed by atoms with Gasteiger partial charge in [-0.1, -0.05) is 0 Å². The summed E-state index contributed by atoms with van der Waals surface area (Å²) in [6.45, 7) is 0.227. The van der Waals surface area contributed by atoms with Gasteiger partial charge in [0.15, 0.2) is 0 Å². The summed E-state index contributed by atoms with van der Waals surface area (Å²) < 4.78 is 16.6. The van der Waals surface area contributed by atoms with Gasteiger partial charge in [0.1, 0.15) is 29.1 Å². The molecule has 0 amide bonds. The van der Waals surface area contributed by atoms with E-state index in [0.29, 0.717) is 17.2 Å². The first-order valence-electron chi connectivity index (χ1n) is 8.72. The van der Waals surface area contributed by atoms with Crippen molar-refractivity contribution in [3.8, 4) is 11.6 Å². The maximum Gasteiger partial charge on any atom is 0.336 e.